The number of carboxylic acid groups (broad SMARTS) is 1. The maximum absolute atomic E-state index is 11.2. The Bertz CT molecular complexity index is 1450. The van der Waals surface area contributed by atoms with Crippen LogP contribution in [0.4, 0.5) is 0 Å². The Balaban J connectivity index is 1.46. The van der Waals surface area contributed by atoms with Gasteiger partial charge in [-0.15, -0.1) is 0 Å². The number of aliphatic carboxylic acids is 1. The molecule has 4 aromatic rings. The van der Waals surface area contributed by atoms with Gasteiger partial charge in [-0.25, -0.2) is 10.3 Å². The van der Waals surface area contributed by atoms with Gasteiger partial charge in [0, 0.05) is 42.7 Å². The van der Waals surface area contributed by atoms with Crippen LogP contribution in [0.2, 0.25) is 0 Å². The number of carbonyl (C=O) groups is 2. The van der Waals surface area contributed by atoms with Crippen molar-refractivity contribution in [1.29, 1.82) is 0 Å². The molecule has 200 valence electrons. The third kappa shape index (κ3) is 8.23. The predicted octanol–water partition coefficient (Wildman–Crippen LogP) is 5.34. The summed E-state index contributed by atoms with van der Waals surface area (Å²) in [6.45, 7) is 1.69. The number of pyridine rings is 1. The fourth-order valence-electron chi connectivity index (χ4n) is 4.18. The third-order valence-corrected chi connectivity index (χ3v) is 6.22. The summed E-state index contributed by atoms with van der Waals surface area (Å²) < 4.78 is 6.07. The summed E-state index contributed by atoms with van der Waals surface area (Å²) in [6.07, 6.45) is 6.00. The Kier molecular flexibility index (Phi) is 9.77. The zero-order chi connectivity index (χ0) is 27.5. The summed E-state index contributed by atoms with van der Waals surface area (Å²) in [4.78, 5) is 26.4. The van der Waals surface area contributed by atoms with Gasteiger partial charge in [0.25, 0.3) is 0 Å². The fourth-order valence-corrected chi connectivity index (χ4v) is 4.18. The van der Waals surface area contributed by atoms with Crippen molar-refractivity contribution >= 4 is 28.9 Å². The van der Waals surface area contributed by atoms with Crippen LogP contribution < -0.4 is 15.5 Å². The molecule has 0 aliphatic carbocycles. The first kappa shape index (κ1) is 27.5. The molecule has 0 aliphatic heterocycles. The van der Waals surface area contributed by atoms with Gasteiger partial charge < -0.3 is 15.2 Å². The average molecular weight is 526 g/mol. The minimum Gasteiger partial charge on any atom is -0.493 e. The number of amides is 1. The molecule has 39 heavy (non-hydrogen) atoms. The number of hydrogen-bond acceptors (Lipinski definition) is 6. The maximum Gasteiger partial charge on any atom is 0.328 e. The summed E-state index contributed by atoms with van der Waals surface area (Å²) in [5, 5.41) is 22.1. The highest BCUT2D eigenvalue weighted by molar-refractivity contribution is 5.85. The molecule has 4 N–H and O–H groups in total. The summed E-state index contributed by atoms with van der Waals surface area (Å²) >= 11 is 0. The van der Waals surface area contributed by atoms with Gasteiger partial charge >= 0.3 is 5.97 Å². The summed E-state index contributed by atoms with van der Waals surface area (Å²) in [5.74, 6) is -0.625. The van der Waals surface area contributed by atoms with Crippen LogP contribution in [0.25, 0.3) is 28.1 Å². The molecule has 0 saturated heterocycles. The number of unbranched alkanes of at least 4 members (excludes halogenated alkanes) is 1. The average Bonchev–Trinajstić information content (AvgIpc) is 2.96. The van der Waals surface area contributed by atoms with Crippen LogP contribution in [-0.4, -0.2) is 33.8 Å². The number of ether oxygens (including phenoxy) is 1. The van der Waals surface area contributed by atoms with Gasteiger partial charge in [-0.3, -0.25) is 15.0 Å². The minimum absolute atomic E-state index is 0.242. The molecule has 0 unspecified atom stereocenters. The van der Waals surface area contributed by atoms with Crippen LogP contribution in [0.5, 0.6) is 5.75 Å². The lowest BCUT2D eigenvalue weighted by atomic mass is 10.0. The van der Waals surface area contributed by atoms with E-state index in [4.69, 9.17) is 15.1 Å². The van der Waals surface area contributed by atoms with Crippen molar-refractivity contribution < 1.29 is 24.6 Å². The number of aromatic nitrogens is 1. The molecule has 4 rings (SSSR count). The van der Waals surface area contributed by atoms with E-state index < -0.39 is 11.9 Å². The number of fused-ring (bicyclic) bond motifs is 1. The van der Waals surface area contributed by atoms with E-state index >= 15 is 0 Å². The molecule has 3 aromatic carbocycles. The van der Waals surface area contributed by atoms with E-state index in [1.54, 1.807) is 17.8 Å². The van der Waals surface area contributed by atoms with Crippen molar-refractivity contribution in [3.63, 3.8) is 0 Å². The van der Waals surface area contributed by atoms with Gasteiger partial charge in [-0.2, -0.15) is 0 Å². The molecular weight excluding hydrogens is 494 g/mol. The zero-order valence-corrected chi connectivity index (χ0v) is 21.5. The number of benzene rings is 3. The van der Waals surface area contributed by atoms with Crippen molar-refractivity contribution in [3.05, 3.63) is 102 Å². The van der Waals surface area contributed by atoms with Gasteiger partial charge in [-0.05, 0) is 65.4 Å². The molecule has 1 heterocycles. The first-order valence-electron chi connectivity index (χ1n) is 12.8. The third-order valence-electron chi connectivity index (χ3n) is 6.22. The highest BCUT2D eigenvalue weighted by atomic mass is 16.5. The lowest BCUT2D eigenvalue weighted by Crippen LogP contribution is -2.18. The Morgan fingerprint density at radius 2 is 1.74 bits per heavy atom. The molecule has 0 saturated carbocycles. The van der Waals surface area contributed by atoms with Gasteiger partial charge in [0.1, 0.15) is 5.75 Å². The largest absolute Gasteiger partial charge is 0.493 e. The van der Waals surface area contributed by atoms with E-state index in [1.165, 1.54) is 0 Å². The van der Waals surface area contributed by atoms with Crippen LogP contribution in [0.15, 0.2) is 85.1 Å². The highest BCUT2D eigenvalue weighted by Gasteiger charge is 2.09. The molecule has 1 amide bonds. The SMILES string of the molecule is O=C(O)/C=C/c1ccc(-c2ccc(OCCCCC(=O)NO)c(CNCc3ccc4cccnc4c3)c2)cc1. The Morgan fingerprint density at radius 3 is 2.54 bits per heavy atom. The number of hydroxylamine groups is 1. The monoisotopic (exact) mass is 525 g/mol. The van der Waals surface area contributed by atoms with Gasteiger partial charge in [0.2, 0.25) is 5.91 Å². The summed E-state index contributed by atoms with van der Waals surface area (Å²) in [6, 6.07) is 23.9. The van der Waals surface area contributed by atoms with Crippen LogP contribution in [0, 0.1) is 0 Å². The summed E-state index contributed by atoms with van der Waals surface area (Å²) in [5.41, 5.74) is 7.56. The Labute approximate surface area is 226 Å². The number of nitrogens with zero attached hydrogens (tertiary/aromatic N) is 1. The van der Waals surface area contributed by atoms with Crippen LogP contribution in [0.3, 0.4) is 0 Å². The van der Waals surface area contributed by atoms with E-state index in [0.717, 1.165) is 50.5 Å². The standard InChI is InChI=1S/C31H31N3O5/c35-30(34-38)5-1-2-17-39-29-14-13-26(24-10-6-22(7-11-24)9-15-31(36)37)19-27(29)21-32-20-23-8-12-25-4-3-16-33-28(25)18-23/h3-4,6-16,18-19,32,38H,1-2,5,17,20-21H2,(H,34,35)(H,36,37)/b15-9+. The van der Waals surface area contributed by atoms with Crippen molar-refractivity contribution in [1.82, 2.24) is 15.8 Å². The highest BCUT2D eigenvalue weighted by Crippen LogP contribution is 2.28. The second-order valence-corrected chi connectivity index (χ2v) is 9.09. The molecule has 1 aromatic heterocycles. The van der Waals surface area contributed by atoms with E-state index in [9.17, 15) is 9.59 Å². The lowest BCUT2D eigenvalue weighted by Gasteiger charge is -2.15. The van der Waals surface area contributed by atoms with Crippen molar-refractivity contribution in [3.8, 4) is 16.9 Å². The van der Waals surface area contributed by atoms with Crippen LogP contribution >= 0.6 is 0 Å². The number of hydrogen-bond donors (Lipinski definition) is 4. The molecular formula is C31H31N3O5. The predicted molar refractivity (Wildman–Crippen MR) is 150 cm³/mol. The zero-order valence-electron chi connectivity index (χ0n) is 21.5. The molecule has 0 fully saturated rings. The number of rotatable bonds is 13. The minimum atomic E-state index is -0.983. The maximum atomic E-state index is 11.2. The summed E-state index contributed by atoms with van der Waals surface area (Å²) in [7, 11) is 0. The van der Waals surface area contributed by atoms with E-state index in [0.29, 0.717) is 32.5 Å². The number of carboxylic acids is 1. The first-order valence-corrected chi connectivity index (χ1v) is 12.8. The van der Waals surface area contributed by atoms with Crippen LogP contribution in [0.1, 0.15) is 36.0 Å². The lowest BCUT2D eigenvalue weighted by molar-refractivity contribution is -0.131. The molecule has 0 atom stereocenters. The Morgan fingerprint density at radius 1 is 0.923 bits per heavy atom. The van der Waals surface area contributed by atoms with E-state index in [-0.39, 0.29) is 6.42 Å². The number of nitrogens with one attached hydrogen (secondary N) is 2. The molecule has 8 nitrogen and oxygen atoms in total. The van der Waals surface area contributed by atoms with Gasteiger partial charge in [0.05, 0.1) is 12.1 Å². The number of carbonyl (C=O) groups excluding carboxylic acids is 1. The van der Waals surface area contributed by atoms with E-state index in [2.05, 4.69) is 34.6 Å². The second-order valence-electron chi connectivity index (χ2n) is 9.09. The molecule has 0 aliphatic rings. The van der Waals surface area contributed by atoms with E-state index in [1.807, 2.05) is 48.5 Å². The van der Waals surface area contributed by atoms with Crippen molar-refractivity contribution in [2.75, 3.05) is 6.61 Å². The second kappa shape index (κ2) is 13.9. The first-order chi connectivity index (χ1) is 19.0. The van der Waals surface area contributed by atoms with Crippen molar-refractivity contribution in [2.45, 2.75) is 32.4 Å². The molecule has 8 heteroatoms. The molecule has 0 bridgehead atoms. The van der Waals surface area contributed by atoms with Crippen molar-refractivity contribution in [2.24, 2.45) is 0 Å². The molecule has 0 radical (unpaired) electrons. The van der Waals surface area contributed by atoms with Crippen LogP contribution in [-0.2, 0) is 22.7 Å². The fraction of sp³-hybridized carbons (Fsp3) is 0.194. The Hall–Kier alpha value is -4.53. The topological polar surface area (TPSA) is 121 Å². The van der Waals surface area contributed by atoms with Gasteiger partial charge in [0.15, 0.2) is 0 Å². The quantitative estimate of drug-likeness (QED) is 0.0804. The normalized spacial score (nSPS) is 11.1. The smallest absolute Gasteiger partial charge is 0.328 e. The molecule has 0 spiro atoms. The van der Waals surface area contributed by atoms with Gasteiger partial charge in [-0.1, -0.05) is 48.5 Å².